The van der Waals surface area contributed by atoms with Crippen molar-refractivity contribution in [3.05, 3.63) is 28.7 Å². The number of aromatic nitrogens is 4. The predicted octanol–water partition coefficient (Wildman–Crippen LogP) is 2.56. The summed E-state index contributed by atoms with van der Waals surface area (Å²) in [6.45, 7) is 2.27. The number of carboxylic acids is 1. The summed E-state index contributed by atoms with van der Waals surface area (Å²) in [6, 6.07) is 0. The van der Waals surface area contributed by atoms with Gasteiger partial charge in [0.05, 0.1) is 5.39 Å². The Labute approximate surface area is 130 Å². The van der Waals surface area contributed by atoms with Crippen LogP contribution in [0.3, 0.4) is 0 Å². The molecule has 0 amide bonds. The summed E-state index contributed by atoms with van der Waals surface area (Å²) < 4.78 is 1.64. The standard InChI is InChI=1S/C15H14N4O2S/c1-8-2-3-10-9(6-8)13-14-17-11(4-5-12(20)21)18-19(14)7-16-15(13)22-10/h4-5,7-8H,2-3,6H2,1H3,(H,20,21)/b5-4+. The van der Waals surface area contributed by atoms with E-state index in [0.717, 1.165) is 34.8 Å². The molecule has 1 N–H and O–H groups in total. The molecular weight excluding hydrogens is 300 g/mol. The number of fused-ring (bicyclic) bond motifs is 5. The van der Waals surface area contributed by atoms with E-state index < -0.39 is 5.97 Å². The molecule has 4 rings (SSSR count). The lowest BCUT2D eigenvalue weighted by Crippen LogP contribution is -2.09. The van der Waals surface area contributed by atoms with E-state index in [1.165, 1.54) is 22.9 Å². The van der Waals surface area contributed by atoms with Crippen molar-refractivity contribution in [1.82, 2.24) is 19.6 Å². The Kier molecular flexibility index (Phi) is 2.97. The monoisotopic (exact) mass is 314 g/mol. The minimum Gasteiger partial charge on any atom is -0.478 e. The highest BCUT2D eigenvalue weighted by atomic mass is 32.1. The van der Waals surface area contributed by atoms with Gasteiger partial charge < -0.3 is 5.11 Å². The van der Waals surface area contributed by atoms with Crippen molar-refractivity contribution in [3.8, 4) is 0 Å². The molecule has 1 atom stereocenters. The van der Waals surface area contributed by atoms with Gasteiger partial charge in [-0.3, -0.25) is 0 Å². The van der Waals surface area contributed by atoms with Crippen molar-refractivity contribution in [2.45, 2.75) is 26.2 Å². The molecule has 1 aliphatic rings. The topological polar surface area (TPSA) is 80.4 Å². The van der Waals surface area contributed by atoms with Gasteiger partial charge in [0.1, 0.15) is 11.2 Å². The van der Waals surface area contributed by atoms with Crippen LogP contribution < -0.4 is 0 Å². The molecule has 1 aliphatic carbocycles. The number of carbonyl (C=O) groups is 1. The van der Waals surface area contributed by atoms with Gasteiger partial charge in [-0.25, -0.2) is 19.3 Å². The molecule has 0 spiro atoms. The Morgan fingerprint density at radius 2 is 2.41 bits per heavy atom. The highest BCUT2D eigenvalue weighted by molar-refractivity contribution is 7.19. The van der Waals surface area contributed by atoms with E-state index in [1.807, 2.05) is 0 Å². The normalized spacial score (nSPS) is 18.3. The second-order valence-corrected chi connectivity index (χ2v) is 6.77. The fraction of sp³-hybridized carbons (Fsp3) is 0.333. The van der Waals surface area contributed by atoms with Crippen molar-refractivity contribution in [1.29, 1.82) is 0 Å². The van der Waals surface area contributed by atoms with Crippen LogP contribution in [-0.2, 0) is 17.6 Å². The molecule has 1 unspecified atom stereocenters. The number of aryl methyl sites for hydroxylation is 1. The minimum atomic E-state index is -1.01. The summed E-state index contributed by atoms with van der Waals surface area (Å²) >= 11 is 1.74. The number of thiophene rings is 1. The molecule has 7 heteroatoms. The first-order valence-electron chi connectivity index (χ1n) is 7.18. The van der Waals surface area contributed by atoms with Crippen LogP contribution in [0.4, 0.5) is 0 Å². The number of carboxylic acid groups (broad SMARTS) is 1. The van der Waals surface area contributed by atoms with Crippen molar-refractivity contribution in [2.24, 2.45) is 5.92 Å². The van der Waals surface area contributed by atoms with Crippen LogP contribution in [0.1, 0.15) is 29.6 Å². The van der Waals surface area contributed by atoms with Crippen LogP contribution in [0.2, 0.25) is 0 Å². The molecule has 22 heavy (non-hydrogen) atoms. The van der Waals surface area contributed by atoms with E-state index in [0.29, 0.717) is 11.7 Å². The van der Waals surface area contributed by atoms with Crippen molar-refractivity contribution in [3.63, 3.8) is 0 Å². The third kappa shape index (κ3) is 2.09. The van der Waals surface area contributed by atoms with E-state index in [9.17, 15) is 4.79 Å². The number of nitrogens with zero attached hydrogens (tertiary/aromatic N) is 4. The van der Waals surface area contributed by atoms with Gasteiger partial charge in [0, 0.05) is 11.0 Å². The van der Waals surface area contributed by atoms with Crippen LogP contribution in [0, 0.1) is 5.92 Å². The number of hydrogen-bond donors (Lipinski definition) is 1. The van der Waals surface area contributed by atoms with Gasteiger partial charge in [-0.15, -0.1) is 16.4 Å². The Morgan fingerprint density at radius 3 is 3.23 bits per heavy atom. The minimum absolute atomic E-state index is 0.389. The van der Waals surface area contributed by atoms with Gasteiger partial charge in [-0.05, 0) is 36.8 Å². The molecule has 112 valence electrons. The molecule has 6 nitrogen and oxygen atoms in total. The van der Waals surface area contributed by atoms with Crippen LogP contribution in [0.15, 0.2) is 12.4 Å². The molecule has 0 aromatic carbocycles. The van der Waals surface area contributed by atoms with Crippen LogP contribution >= 0.6 is 11.3 Å². The van der Waals surface area contributed by atoms with Crippen LogP contribution in [-0.4, -0.2) is 30.7 Å². The quantitative estimate of drug-likeness (QED) is 0.735. The first kappa shape index (κ1) is 13.4. The van der Waals surface area contributed by atoms with Gasteiger partial charge >= 0.3 is 5.97 Å². The summed E-state index contributed by atoms with van der Waals surface area (Å²) in [6.07, 6.45) is 7.46. The summed E-state index contributed by atoms with van der Waals surface area (Å²) in [5.41, 5.74) is 2.11. The van der Waals surface area contributed by atoms with Gasteiger partial charge in [-0.1, -0.05) is 6.92 Å². The van der Waals surface area contributed by atoms with E-state index >= 15 is 0 Å². The average Bonchev–Trinajstić information content (AvgIpc) is 3.04. The average molecular weight is 314 g/mol. The Balaban J connectivity index is 1.94. The fourth-order valence-corrected chi connectivity index (χ4v) is 4.16. The highest BCUT2D eigenvalue weighted by Crippen LogP contribution is 2.38. The molecule has 0 bridgehead atoms. The third-order valence-electron chi connectivity index (χ3n) is 4.02. The Bertz CT molecular complexity index is 925. The summed E-state index contributed by atoms with van der Waals surface area (Å²) in [5, 5.41) is 14.1. The molecule has 3 aromatic heterocycles. The maximum Gasteiger partial charge on any atom is 0.328 e. The van der Waals surface area contributed by atoms with Crippen LogP contribution in [0.25, 0.3) is 21.9 Å². The molecule has 0 radical (unpaired) electrons. The zero-order valence-corrected chi connectivity index (χ0v) is 12.8. The zero-order chi connectivity index (χ0) is 15.3. The second kappa shape index (κ2) is 4.88. The highest BCUT2D eigenvalue weighted by Gasteiger charge is 2.23. The SMILES string of the molecule is CC1CCc2sc3ncn4nc(/C=C/C(=O)O)nc4c3c2C1. The molecule has 0 fully saturated rings. The lowest BCUT2D eigenvalue weighted by atomic mass is 9.89. The van der Waals surface area contributed by atoms with Gasteiger partial charge in [0.15, 0.2) is 11.5 Å². The van der Waals surface area contributed by atoms with Crippen molar-refractivity contribution < 1.29 is 9.90 Å². The van der Waals surface area contributed by atoms with E-state index in [1.54, 1.807) is 22.2 Å². The number of hydrogen-bond acceptors (Lipinski definition) is 5. The number of rotatable bonds is 2. The first-order valence-corrected chi connectivity index (χ1v) is 8.00. The molecule has 3 heterocycles. The maximum absolute atomic E-state index is 10.6. The zero-order valence-electron chi connectivity index (χ0n) is 12.0. The Morgan fingerprint density at radius 1 is 1.55 bits per heavy atom. The molecule has 0 aliphatic heterocycles. The molecule has 3 aromatic rings. The number of aliphatic carboxylic acids is 1. The first-order chi connectivity index (χ1) is 10.6. The Hall–Kier alpha value is -2.28. The van der Waals surface area contributed by atoms with E-state index in [-0.39, 0.29) is 0 Å². The third-order valence-corrected chi connectivity index (χ3v) is 5.22. The van der Waals surface area contributed by atoms with Gasteiger partial charge in [0.2, 0.25) is 0 Å². The van der Waals surface area contributed by atoms with Gasteiger partial charge in [-0.2, -0.15) is 0 Å². The van der Waals surface area contributed by atoms with E-state index in [2.05, 4.69) is 22.0 Å². The smallest absolute Gasteiger partial charge is 0.328 e. The molecule has 0 saturated heterocycles. The summed E-state index contributed by atoms with van der Waals surface area (Å²) in [4.78, 5) is 22.0. The summed E-state index contributed by atoms with van der Waals surface area (Å²) in [7, 11) is 0. The van der Waals surface area contributed by atoms with Crippen LogP contribution in [0.5, 0.6) is 0 Å². The lowest BCUT2D eigenvalue weighted by Gasteiger charge is -2.17. The second-order valence-electron chi connectivity index (χ2n) is 5.69. The molecular formula is C15H14N4O2S. The maximum atomic E-state index is 10.6. The predicted molar refractivity (Wildman–Crippen MR) is 84.0 cm³/mol. The van der Waals surface area contributed by atoms with E-state index in [4.69, 9.17) is 5.11 Å². The van der Waals surface area contributed by atoms with Gasteiger partial charge in [0.25, 0.3) is 0 Å². The fourth-order valence-electron chi connectivity index (χ4n) is 2.98. The summed E-state index contributed by atoms with van der Waals surface area (Å²) in [5.74, 6) is 0.0456. The van der Waals surface area contributed by atoms with Crippen molar-refractivity contribution in [2.75, 3.05) is 0 Å². The molecule has 0 saturated carbocycles. The lowest BCUT2D eigenvalue weighted by molar-refractivity contribution is -0.131. The van der Waals surface area contributed by atoms with Crippen molar-refractivity contribution >= 4 is 39.2 Å². The largest absolute Gasteiger partial charge is 0.478 e.